The van der Waals surface area contributed by atoms with Gasteiger partial charge in [-0.25, -0.2) is 9.59 Å². The molecule has 4 aromatic rings. The van der Waals surface area contributed by atoms with Gasteiger partial charge < -0.3 is 18.6 Å². The smallest absolute Gasteiger partial charge is 0.411 e. The second kappa shape index (κ2) is 11.5. The number of nitrogens with one attached hydrogen (secondary N) is 1. The zero-order valence-electron chi connectivity index (χ0n) is 21.4. The molecule has 0 saturated heterocycles. The average Bonchev–Trinajstić information content (AvgIpc) is 3.22. The molecule has 0 fully saturated rings. The van der Waals surface area contributed by atoms with E-state index in [0.717, 1.165) is 5.56 Å². The summed E-state index contributed by atoms with van der Waals surface area (Å²) in [5.74, 6) is -1.24. The second-order valence-corrected chi connectivity index (χ2v) is 8.40. The van der Waals surface area contributed by atoms with Gasteiger partial charge in [-0.3, -0.25) is 20.2 Å². The van der Waals surface area contributed by atoms with Gasteiger partial charge in [0.2, 0.25) is 5.78 Å². The molecule has 0 spiro atoms. The van der Waals surface area contributed by atoms with Crippen LogP contribution < -0.4 is 10.1 Å². The van der Waals surface area contributed by atoms with Crippen molar-refractivity contribution in [3.05, 3.63) is 105 Å². The topological polar surface area (TPSA) is 138 Å². The Labute approximate surface area is 223 Å². The van der Waals surface area contributed by atoms with Crippen molar-refractivity contribution in [2.45, 2.75) is 20.5 Å². The van der Waals surface area contributed by atoms with Gasteiger partial charge in [-0.1, -0.05) is 30.3 Å². The Hall–Kier alpha value is -5.19. The summed E-state index contributed by atoms with van der Waals surface area (Å²) in [7, 11) is 1.27. The van der Waals surface area contributed by atoms with Crippen LogP contribution in [-0.4, -0.2) is 40.9 Å². The maximum Gasteiger partial charge on any atom is 0.411 e. The van der Waals surface area contributed by atoms with Crippen LogP contribution in [0.4, 0.5) is 16.2 Å². The van der Waals surface area contributed by atoms with Crippen LogP contribution in [0.25, 0.3) is 5.52 Å². The normalized spacial score (nSPS) is 10.6. The summed E-state index contributed by atoms with van der Waals surface area (Å²) >= 11 is 0. The standard InChI is InChI=1S/C28H25N3O8/c1-4-38-28(34)29-20-12-13-30-22(15-20)24(27(33)39-16-18-8-6-5-7-9-18)17(2)25(30)26(32)19-10-11-21(31(35)36)23(14-19)37-3/h5-15H,4,16H2,1-3H3,(H,29,34). The number of rotatable bonds is 9. The van der Waals surface area contributed by atoms with E-state index in [1.54, 1.807) is 19.9 Å². The Morgan fingerprint density at radius 3 is 2.44 bits per heavy atom. The lowest BCUT2D eigenvalue weighted by Crippen LogP contribution is -2.13. The van der Waals surface area contributed by atoms with Crippen LogP contribution in [0.1, 0.15) is 44.5 Å². The molecule has 0 bridgehead atoms. The average molecular weight is 532 g/mol. The van der Waals surface area contributed by atoms with Gasteiger partial charge in [0.1, 0.15) is 6.61 Å². The number of nitro groups is 1. The first kappa shape index (κ1) is 26.9. The van der Waals surface area contributed by atoms with Crippen LogP contribution in [-0.2, 0) is 16.1 Å². The van der Waals surface area contributed by atoms with Crippen molar-refractivity contribution in [2.75, 3.05) is 19.0 Å². The Kier molecular flexibility index (Phi) is 7.90. The van der Waals surface area contributed by atoms with Crippen LogP contribution in [0.15, 0.2) is 66.9 Å². The van der Waals surface area contributed by atoms with Crippen molar-refractivity contribution < 1.29 is 33.5 Å². The zero-order valence-corrected chi connectivity index (χ0v) is 21.4. The molecule has 1 N–H and O–H groups in total. The lowest BCUT2D eigenvalue weighted by atomic mass is 10.0. The quantitative estimate of drug-likeness (QED) is 0.133. The molecule has 4 rings (SSSR count). The van der Waals surface area contributed by atoms with E-state index in [9.17, 15) is 24.5 Å². The van der Waals surface area contributed by atoms with Crippen molar-refractivity contribution in [1.29, 1.82) is 0 Å². The van der Waals surface area contributed by atoms with Crippen LogP contribution in [0.3, 0.4) is 0 Å². The van der Waals surface area contributed by atoms with Gasteiger partial charge in [0.05, 0.1) is 35.4 Å². The summed E-state index contributed by atoms with van der Waals surface area (Å²) in [6.07, 6.45) is 0.862. The number of pyridine rings is 1. The third kappa shape index (κ3) is 5.57. The molecular weight excluding hydrogens is 506 g/mol. The van der Waals surface area contributed by atoms with Gasteiger partial charge in [-0.2, -0.15) is 0 Å². The van der Waals surface area contributed by atoms with Crippen LogP contribution >= 0.6 is 0 Å². The predicted molar refractivity (Wildman–Crippen MR) is 141 cm³/mol. The highest BCUT2D eigenvalue weighted by Gasteiger charge is 2.28. The fourth-order valence-electron chi connectivity index (χ4n) is 4.18. The number of nitro benzene ring substituents is 1. The van der Waals surface area contributed by atoms with E-state index in [1.165, 1.54) is 42.0 Å². The summed E-state index contributed by atoms with van der Waals surface area (Å²) in [5.41, 5.74) is 1.90. The largest absolute Gasteiger partial charge is 0.490 e. The number of benzene rings is 2. The molecule has 0 radical (unpaired) electrons. The molecule has 39 heavy (non-hydrogen) atoms. The molecule has 2 aromatic carbocycles. The number of methoxy groups -OCH3 is 1. The SMILES string of the molecule is CCOC(=O)Nc1ccn2c(C(=O)c3ccc([N+](=O)[O-])c(OC)c3)c(C)c(C(=O)OCc3ccccc3)c2c1. The number of fused-ring (bicyclic) bond motifs is 1. The number of ether oxygens (including phenoxy) is 3. The molecule has 0 atom stereocenters. The van der Waals surface area contributed by atoms with Crippen LogP contribution in [0.2, 0.25) is 0 Å². The number of carbonyl (C=O) groups excluding carboxylic acids is 3. The molecule has 11 heteroatoms. The number of hydrogen-bond acceptors (Lipinski definition) is 8. The number of amides is 1. The molecule has 200 valence electrons. The minimum atomic E-state index is -0.674. The van der Waals surface area contributed by atoms with Gasteiger partial charge in [0, 0.05) is 23.5 Å². The Balaban J connectivity index is 1.80. The summed E-state index contributed by atoms with van der Waals surface area (Å²) in [5, 5.41) is 13.9. The fourth-order valence-corrected chi connectivity index (χ4v) is 4.18. The number of ketones is 1. The first-order valence-electron chi connectivity index (χ1n) is 11.9. The van der Waals surface area contributed by atoms with E-state index in [0.29, 0.717) is 16.8 Å². The highest BCUT2D eigenvalue weighted by atomic mass is 16.6. The second-order valence-electron chi connectivity index (χ2n) is 8.40. The summed E-state index contributed by atoms with van der Waals surface area (Å²) in [6.45, 7) is 3.47. The Morgan fingerprint density at radius 2 is 1.77 bits per heavy atom. The van der Waals surface area contributed by atoms with E-state index in [-0.39, 0.29) is 41.5 Å². The van der Waals surface area contributed by atoms with Gasteiger partial charge in [-0.15, -0.1) is 0 Å². The van der Waals surface area contributed by atoms with Crippen molar-refractivity contribution in [1.82, 2.24) is 4.40 Å². The van der Waals surface area contributed by atoms with E-state index >= 15 is 0 Å². The Morgan fingerprint density at radius 1 is 1.03 bits per heavy atom. The monoisotopic (exact) mass is 531 g/mol. The highest BCUT2D eigenvalue weighted by Crippen LogP contribution is 2.32. The number of anilines is 1. The minimum absolute atomic E-state index is 0.0139. The van der Waals surface area contributed by atoms with Crippen LogP contribution in [0, 0.1) is 17.0 Å². The fraction of sp³-hybridized carbons (Fsp3) is 0.179. The lowest BCUT2D eigenvalue weighted by Gasteiger charge is -2.09. The van der Waals surface area contributed by atoms with E-state index in [4.69, 9.17) is 14.2 Å². The molecule has 0 aliphatic rings. The van der Waals surface area contributed by atoms with E-state index in [1.807, 2.05) is 30.3 Å². The van der Waals surface area contributed by atoms with E-state index < -0.39 is 22.8 Å². The third-order valence-corrected chi connectivity index (χ3v) is 5.97. The Bertz CT molecular complexity index is 1580. The molecular formula is C28H25N3O8. The van der Waals surface area contributed by atoms with Crippen molar-refractivity contribution in [3.63, 3.8) is 0 Å². The first-order chi connectivity index (χ1) is 18.7. The number of aromatic nitrogens is 1. The van der Waals surface area contributed by atoms with Crippen molar-refractivity contribution in [3.8, 4) is 5.75 Å². The maximum absolute atomic E-state index is 13.7. The summed E-state index contributed by atoms with van der Waals surface area (Å²) in [6, 6.07) is 16.0. The molecule has 11 nitrogen and oxygen atoms in total. The molecule has 2 heterocycles. The van der Waals surface area contributed by atoms with Gasteiger partial charge in [-0.05, 0) is 49.2 Å². The van der Waals surface area contributed by atoms with Gasteiger partial charge >= 0.3 is 17.7 Å². The molecule has 0 unspecified atom stereocenters. The highest BCUT2D eigenvalue weighted by molar-refractivity contribution is 6.13. The third-order valence-electron chi connectivity index (χ3n) is 5.97. The van der Waals surface area contributed by atoms with Crippen LogP contribution in [0.5, 0.6) is 5.75 Å². The lowest BCUT2D eigenvalue weighted by molar-refractivity contribution is -0.385. The number of nitrogens with zero attached hydrogens (tertiary/aromatic N) is 2. The number of hydrogen-bond donors (Lipinski definition) is 1. The minimum Gasteiger partial charge on any atom is -0.490 e. The zero-order chi connectivity index (χ0) is 28.1. The van der Waals surface area contributed by atoms with Gasteiger partial charge in [0.15, 0.2) is 5.75 Å². The molecule has 0 aliphatic carbocycles. The molecule has 1 amide bonds. The number of carbonyl (C=O) groups is 3. The maximum atomic E-state index is 13.7. The molecule has 2 aromatic heterocycles. The molecule has 0 saturated carbocycles. The van der Waals surface area contributed by atoms with Gasteiger partial charge in [0.25, 0.3) is 0 Å². The first-order valence-corrected chi connectivity index (χ1v) is 11.9. The van der Waals surface area contributed by atoms with E-state index in [2.05, 4.69) is 5.32 Å². The summed E-state index contributed by atoms with van der Waals surface area (Å²) in [4.78, 5) is 49.7. The summed E-state index contributed by atoms with van der Waals surface area (Å²) < 4.78 is 17.1. The molecule has 0 aliphatic heterocycles. The predicted octanol–water partition coefficient (Wildman–Crippen LogP) is 5.32. The number of esters is 1. The van der Waals surface area contributed by atoms with Crippen molar-refractivity contribution in [2.24, 2.45) is 0 Å². The van der Waals surface area contributed by atoms with Crippen molar-refractivity contribution >= 4 is 34.7 Å².